The molecule has 0 bridgehead atoms. The van der Waals surface area contributed by atoms with Gasteiger partial charge < -0.3 is 15.2 Å². The smallest absolute Gasteiger partial charge is 0.191 e. The zero-order valence-corrected chi connectivity index (χ0v) is 17.5. The van der Waals surface area contributed by atoms with Gasteiger partial charge in [-0.15, -0.1) is 11.3 Å². The number of nitrogens with one attached hydrogen (secondary N) is 2. The Kier molecular flexibility index (Phi) is 5.91. The predicted octanol–water partition coefficient (Wildman–Crippen LogP) is 4.32. The first-order chi connectivity index (χ1) is 14.2. The molecule has 0 aliphatic heterocycles. The third-order valence-electron chi connectivity index (χ3n) is 4.81. The molecule has 0 aliphatic carbocycles. The second-order valence-electron chi connectivity index (χ2n) is 6.97. The van der Waals surface area contributed by atoms with Crippen LogP contribution in [0.4, 0.5) is 0 Å². The van der Waals surface area contributed by atoms with Gasteiger partial charge in [-0.3, -0.25) is 4.99 Å². The van der Waals surface area contributed by atoms with Gasteiger partial charge in [-0.05, 0) is 42.3 Å². The number of aryl methyl sites for hydroxylation is 1. The summed E-state index contributed by atoms with van der Waals surface area (Å²) < 4.78 is 2.18. The van der Waals surface area contributed by atoms with Crippen LogP contribution in [0.1, 0.15) is 20.9 Å². The molecule has 2 N–H and O–H groups in total. The fraction of sp³-hybridized carbons (Fsp3) is 0.217. The maximum atomic E-state index is 4.46. The zero-order chi connectivity index (χ0) is 20.1. The molecular formula is C23H25N5S. The van der Waals surface area contributed by atoms with E-state index < -0.39 is 0 Å². The van der Waals surface area contributed by atoms with E-state index in [9.17, 15) is 0 Å². The van der Waals surface area contributed by atoms with Crippen LogP contribution < -0.4 is 10.6 Å². The molecule has 0 radical (unpaired) electrons. The number of nitrogens with zero attached hydrogens (tertiary/aromatic N) is 3. The van der Waals surface area contributed by atoms with Crippen LogP contribution in [0.15, 0.2) is 72.0 Å². The van der Waals surface area contributed by atoms with Crippen molar-refractivity contribution < 1.29 is 0 Å². The average Bonchev–Trinajstić information content (AvgIpc) is 3.35. The molecule has 4 aromatic rings. The third kappa shape index (κ3) is 4.84. The number of para-hydroxylation sites is 2. The van der Waals surface area contributed by atoms with E-state index >= 15 is 0 Å². The number of guanidine groups is 1. The molecule has 0 fully saturated rings. The molecule has 148 valence electrons. The predicted molar refractivity (Wildman–Crippen MR) is 121 cm³/mol. The molecule has 2 heterocycles. The number of imidazole rings is 1. The molecular weight excluding hydrogens is 378 g/mol. The number of fused-ring (bicyclic) bond motifs is 1. The van der Waals surface area contributed by atoms with E-state index in [1.165, 1.54) is 20.9 Å². The molecule has 4 rings (SSSR count). The topological polar surface area (TPSA) is 54.2 Å². The summed E-state index contributed by atoms with van der Waals surface area (Å²) in [4.78, 5) is 11.4. The van der Waals surface area contributed by atoms with Gasteiger partial charge in [0.2, 0.25) is 0 Å². The first kappa shape index (κ1) is 19.2. The van der Waals surface area contributed by atoms with Gasteiger partial charge in [0.05, 0.1) is 23.9 Å². The van der Waals surface area contributed by atoms with E-state index in [1.807, 2.05) is 18.5 Å². The van der Waals surface area contributed by atoms with Crippen LogP contribution >= 0.6 is 11.3 Å². The Balaban J connectivity index is 1.31. The molecule has 6 heteroatoms. The molecule has 0 atom stereocenters. The number of aliphatic imine (C=N–C) groups is 1. The highest BCUT2D eigenvalue weighted by atomic mass is 32.1. The second-order valence-corrected chi connectivity index (χ2v) is 8.34. The van der Waals surface area contributed by atoms with E-state index in [2.05, 4.69) is 80.6 Å². The van der Waals surface area contributed by atoms with E-state index in [4.69, 9.17) is 0 Å². The summed E-state index contributed by atoms with van der Waals surface area (Å²) in [5.74, 6) is 0.810. The van der Waals surface area contributed by atoms with Crippen molar-refractivity contribution in [3.63, 3.8) is 0 Å². The zero-order valence-electron chi connectivity index (χ0n) is 16.7. The maximum absolute atomic E-state index is 4.46. The summed E-state index contributed by atoms with van der Waals surface area (Å²) in [5, 5.41) is 6.75. The fourth-order valence-electron chi connectivity index (χ4n) is 3.25. The standard InChI is InChI=1S/C23H25N5S/c1-17-7-12-20(29-17)14-26-23(24-2)25-13-18-8-10-19(11-9-18)15-28-16-27-21-5-3-4-6-22(21)28/h3-12,16H,13-15H2,1-2H3,(H2,24,25,26). The Bertz CT molecular complexity index is 1110. The fourth-order valence-corrected chi connectivity index (χ4v) is 4.08. The van der Waals surface area contributed by atoms with Crippen molar-refractivity contribution in [2.45, 2.75) is 26.6 Å². The largest absolute Gasteiger partial charge is 0.352 e. The van der Waals surface area contributed by atoms with Gasteiger partial charge in [0, 0.05) is 29.9 Å². The molecule has 0 saturated carbocycles. The minimum atomic E-state index is 0.734. The van der Waals surface area contributed by atoms with Gasteiger partial charge in [-0.2, -0.15) is 0 Å². The van der Waals surface area contributed by atoms with Crippen molar-refractivity contribution in [2.24, 2.45) is 4.99 Å². The summed E-state index contributed by atoms with van der Waals surface area (Å²) in [6.45, 7) is 4.46. The number of thiophene rings is 1. The van der Waals surface area contributed by atoms with Gasteiger partial charge in [-0.1, -0.05) is 36.4 Å². The SMILES string of the molecule is CN=C(NCc1ccc(Cn2cnc3ccccc32)cc1)NCc1ccc(C)s1. The molecule has 2 aromatic carbocycles. The number of benzene rings is 2. The van der Waals surface area contributed by atoms with Crippen molar-refractivity contribution in [3.05, 3.63) is 87.9 Å². The van der Waals surface area contributed by atoms with Crippen LogP contribution in [0.5, 0.6) is 0 Å². The van der Waals surface area contributed by atoms with Crippen molar-refractivity contribution in [1.29, 1.82) is 0 Å². The lowest BCUT2D eigenvalue weighted by Gasteiger charge is -2.12. The lowest BCUT2D eigenvalue weighted by atomic mass is 10.1. The molecule has 0 saturated heterocycles. The monoisotopic (exact) mass is 403 g/mol. The molecule has 29 heavy (non-hydrogen) atoms. The first-order valence-electron chi connectivity index (χ1n) is 9.69. The lowest BCUT2D eigenvalue weighted by molar-refractivity contribution is 0.809. The Labute approximate surface area is 175 Å². The Morgan fingerprint density at radius 1 is 0.966 bits per heavy atom. The quantitative estimate of drug-likeness (QED) is 0.372. The second kappa shape index (κ2) is 8.92. The van der Waals surface area contributed by atoms with Gasteiger partial charge in [-0.25, -0.2) is 4.98 Å². The normalized spacial score (nSPS) is 11.7. The first-order valence-corrected chi connectivity index (χ1v) is 10.5. The number of aromatic nitrogens is 2. The average molecular weight is 404 g/mol. The van der Waals surface area contributed by atoms with Crippen molar-refractivity contribution in [2.75, 3.05) is 7.05 Å². The summed E-state index contributed by atoms with van der Waals surface area (Å²) in [5.41, 5.74) is 4.67. The van der Waals surface area contributed by atoms with Gasteiger partial charge >= 0.3 is 0 Å². The summed E-state index contributed by atoms with van der Waals surface area (Å²) >= 11 is 1.81. The number of rotatable bonds is 6. The van der Waals surface area contributed by atoms with Crippen LogP contribution in [-0.2, 0) is 19.6 Å². The van der Waals surface area contributed by atoms with E-state index in [0.717, 1.165) is 36.6 Å². The minimum Gasteiger partial charge on any atom is -0.352 e. The highest BCUT2D eigenvalue weighted by Gasteiger charge is 2.04. The maximum Gasteiger partial charge on any atom is 0.191 e. The lowest BCUT2D eigenvalue weighted by Crippen LogP contribution is -2.36. The number of hydrogen-bond donors (Lipinski definition) is 2. The molecule has 0 spiro atoms. The van der Waals surface area contributed by atoms with Crippen LogP contribution in [0.2, 0.25) is 0 Å². The van der Waals surface area contributed by atoms with Crippen molar-refractivity contribution in [3.8, 4) is 0 Å². The van der Waals surface area contributed by atoms with Crippen LogP contribution in [0, 0.1) is 6.92 Å². The third-order valence-corrected chi connectivity index (χ3v) is 5.81. The Hall–Kier alpha value is -3.12. The van der Waals surface area contributed by atoms with Crippen LogP contribution in [0.3, 0.4) is 0 Å². The van der Waals surface area contributed by atoms with E-state index in [1.54, 1.807) is 18.4 Å². The molecule has 2 aromatic heterocycles. The van der Waals surface area contributed by atoms with Gasteiger partial charge in [0.1, 0.15) is 0 Å². The summed E-state index contributed by atoms with van der Waals surface area (Å²) in [6, 6.07) is 21.2. The van der Waals surface area contributed by atoms with Gasteiger partial charge in [0.25, 0.3) is 0 Å². The Morgan fingerprint density at radius 3 is 2.48 bits per heavy atom. The van der Waals surface area contributed by atoms with Crippen molar-refractivity contribution in [1.82, 2.24) is 20.2 Å². The van der Waals surface area contributed by atoms with E-state index in [-0.39, 0.29) is 0 Å². The molecule has 5 nitrogen and oxygen atoms in total. The van der Waals surface area contributed by atoms with E-state index in [0.29, 0.717) is 0 Å². The highest BCUT2D eigenvalue weighted by molar-refractivity contribution is 7.11. The molecule has 0 aliphatic rings. The summed E-state index contributed by atoms with van der Waals surface area (Å²) in [6.07, 6.45) is 1.91. The summed E-state index contributed by atoms with van der Waals surface area (Å²) in [7, 11) is 1.80. The molecule has 0 amide bonds. The minimum absolute atomic E-state index is 0.734. The van der Waals surface area contributed by atoms with Crippen molar-refractivity contribution >= 4 is 28.3 Å². The van der Waals surface area contributed by atoms with Crippen LogP contribution in [0.25, 0.3) is 11.0 Å². The number of hydrogen-bond acceptors (Lipinski definition) is 3. The Morgan fingerprint density at radius 2 is 1.72 bits per heavy atom. The molecule has 0 unspecified atom stereocenters. The van der Waals surface area contributed by atoms with Crippen LogP contribution in [-0.4, -0.2) is 22.6 Å². The van der Waals surface area contributed by atoms with Gasteiger partial charge in [0.15, 0.2) is 5.96 Å². The highest BCUT2D eigenvalue weighted by Crippen LogP contribution is 2.15.